The first kappa shape index (κ1) is 79.0. The van der Waals surface area contributed by atoms with Gasteiger partial charge in [-0.1, -0.05) is 223 Å². The zero-order chi connectivity index (χ0) is 63.3. The molecule has 3 heterocycles. The Bertz CT molecular complexity index is 1770. The van der Waals surface area contributed by atoms with Gasteiger partial charge >= 0.3 is 0 Å². The smallest absolute Gasteiger partial charge is 0.220 e. The number of rotatable bonds is 52. The van der Waals surface area contributed by atoms with Crippen molar-refractivity contribution in [2.45, 2.75) is 349 Å². The molecule has 0 spiro atoms. The first-order valence-corrected chi connectivity index (χ1v) is 34.4. The van der Waals surface area contributed by atoms with Crippen LogP contribution in [0.3, 0.4) is 0 Å². The van der Waals surface area contributed by atoms with Crippen LogP contribution in [0.1, 0.15) is 245 Å². The quantitative estimate of drug-likeness (QED) is 0.0200. The second kappa shape index (κ2) is 50.3. The maximum Gasteiger partial charge on any atom is 0.220 e. The van der Waals surface area contributed by atoms with E-state index in [1.54, 1.807) is 6.08 Å². The molecule has 19 nitrogen and oxygen atoms in total. The topological polar surface area (TPSA) is 307 Å². The van der Waals surface area contributed by atoms with Gasteiger partial charge in [0.15, 0.2) is 18.9 Å². The molecule has 17 unspecified atom stereocenters. The SMILES string of the molecule is CCCC/C=C\CCCCCCCC(=O)NC(COC1OC(CO)C(OC2OC(CO)C(OC3OC(CO)C(O)C(O)C3O)C(O)C2O)C(O)C1O)C(O)/C=C/CC/C=C/CC/C=C/CCCCCCCCCCCCCCCCCCCCCCC. The summed E-state index contributed by atoms with van der Waals surface area (Å²) in [6.45, 7) is 1.65. The fourth-order valence-corrected chi connectivity index (χ4v) is 11.4. The van der Waals surface area contributed by atoms with E-state index in [1.165, 1.54) is 148 Å². The van der Waals surface area contributed by atoms with Crippen molar-refractivity contribution >= 4 is 5.91 Å². The maximum absolute atomic E-state index is 13.3. The molecule has 0 aromatic heterocycles. The lowest BCUT2D eigenvalue weighted by Crippen LogP contribution is -2.66. The van der Waals surface area contributed by atoms with Gasteiger partial charge in [0.05, 0.1) is 38.6 Å². The molecule has 3 rings (SSSR count). The van der Waals surface area contributed by atoms with Gasteiger partial charge in [-0.25, -0.2) is 0 Å². The van der Waals surface area contributed by atoms with E-state index in [4.69, 9.17) is 28.4 Å². The number of carbonyl (C=O) groups is 1. The van der Waals surface area contributed by atoms with Crippen molar-refractivity contribution < 1.29 is 89.4 Å². The van der Waals surface area contributed by atoms with Gasteiger partial charge in [-0.2, -0.15) is 0 Å². The summed E-state index contributed by atoms with van der Waals surface area (Å²) in [5.41, 5.74) is 0. The van der Waals surface area contributed by atoms with Crippen LogP contribution in [0.15, 0.2) is 48.6 Å². The molecular formula is C68H123NO18. The molecule has 0 aliphatic carbocycles. The van der Waals surface area contributed by atoms with Crippen LogP contribution in [0.5, 0.6) is 0 Å². The molecule has 0 aromatic rings. The summed E-state index contributed by atoms with van der Waals surface area (Å²) < 4.78 is 34.2. The number of nitrogens with one attached hydrogen (secondary N) is 1. The Labute approximate surface area is 523 Å². The summed E-state index contributed by atoms with van der Waals surface area (Å²) in [5.74, 6) is -0.301. The van der Waals surface area contributed by atoms with Gasteiger partial charge in [0.25, 0.3) is 0 Å². The highest BCUT2D eigenvalue weighted by Crippen LogP contribution is 2.33. The van der Waals surface area contributed by atoms with E-state index < -0.39 is 124 Å². The molecule has 87 heavy (non-hydrogen) atoms. The lowest BCUT2D eigenvalue weighted by Gasteiger charge is -2.48. The fraction of sp³-hybridized carbons (Fsp3) is 0.868. The highest BCUT2D eigenvalue weighted by atomic mass is 16.8. The number of hydrogen-bond donors (Lipinski definition) is 12. The molecule has 3 aliphatic rings. The molecule has 17 atom stereocenters. The summed E-state index contributed by atoms with van der Waals surface area (Å²) >= 11 is 0. The van der Waals surface area contributed by atoms with Crippen LogP contribution >= 0.6 is 0 Å². The lowest BCUT2D eigenvalue weighted by molar-refractivity contribution is -0.379. The summed E-state index contributed by atoms with van der Waals surface area (Å²) in [6, 6.07) is -1.00. The van der Waals surface area contributed by atoms with E-state index in [0.717, 1.165) is 64.2 Å². The molecule has 19 heteroatoms. The Balaban J connectivity index is 1.40. The average molecular weight is 1240 g/mol. The fourth-order valence-electron chi connectivity index (χ4n) is 11.4. The van der Waals surface area contributed by atoms with Crippen LogP contribution in [0.2, 0.25) is 0 Å². The van der Waals surface area contributed by atoms with Crippen molar-refractivity contribution in [2.75, 3.05) is 26.4 Å². The largest absolute Gasteiger partial charge is 0.394 e. The highest BCUT2D eigenvalue weighted by Gasteiger charge is 2.53. The van der Waals surface area contributed by atoms with Crippen molar-refractivity contribution in [3.63, 3.8) is 0 Å². The molecule has 0 bridgehead atoms. The monoisotopic (exact) mass is 1240 g/mol. The molecule has 3 fully saturated rings. The predicted molar refractivity (Wildman–Crippen MR) is 337 cm³/mol. The number of ether oxygens (including phenoxy) is 6. The molecule has 0 radical (unpaired) electrons. The third-order valence-corrected chi connectivity index (χ3v) is 17.1. The Morgan fingerprint density at radius 3 is 1.18 bits per heavy atom. The number of aliphatic hydroxyl groups excluding tert-OH is 11. The van der Waals surface area contributed by atoms with Crippen LogP contribution in [0.25, 0.3) is 0 Å². The molecule has 1 amide bonds. The summed E-state index contributed by atoms with van der Waals surface area (Å²) in [7, 11) is 0. The third kappa shape index (κ3) is 32.7. The molecule has 0 aromatic carbocycles. The van der Waals surface area contributed by atoms with Crippen LogP contribution < -0.4 is 5.32 Å². The zero-order valence-corrected chi connectivity index (χ0v) is 53.5. The van der Waals surface area contributed by atoms with Crippen LogP contribution in [-0.2, 0) is 33.2 Å². The zero-order valence-electron chi connectivity index (χ0n) is 53.5. The number of amides is 1. The second-order valence-corrected chi connectivity index (χ2v) is 24.6. The van der Waals surface area contributed by atoms with Gasteiger partial charge in [-0.3, -0.25) is 4.79 Å². The van der Waals surface area contributed by atoms with Crippen molar-refractivity contribution in [3.05, 3.63) is 48.6 Å². The standard InChI is InChI=1S/C68H123NO18/c1-3-5-7-9-11-13-15-16-17-18-19-20-21-22-23-24-25-26-27-28-29-30-31-32-33-34-36-37-39-41-43-45-52(73)51(69-56(74)46-44-42-40-38-35-14-12-10-8-6-4-2)50-82-66-62(80)59(77)64(54(48-71)84-66)87-68-63(81)60(78)65(55(49-72)85-68)86-67-61(79)58(76)57(75)53(47-70)83-67/h10,12,31-32,36-37,43,45,51-55,57-68,70-73,75-81H,3-9,11,13-30,33-35,38-42,44,46-50H2,1-2H3,(H,69,74)/b12-10-,32-31+,37-36+,45-43+. The molecule has 3 aliphatic heterocycles. The Morgan fingerprint density at radius 2 is 0.747 bits per heavy atom. The first-order chi connectivity index (χ1) is 42.3. The van der Waals surface area contributed by atoms with Crippen molar-refractivity contribution in [3.8, 4) is 0 Å². The third-order valence-electron chi connectivity index (χ3n) is 17.1. The summed E-state index contributed by atoms with van der Waals surface area (Å²) in [5, 5.41) is 120. The number of allylic oxidation sites excluding steroid dienone is 7. The van der Waals surface area contributed by atoms with Gasteiger partial charge in [-0.05, 0) is 64.2 Å². The van der Waals surface area contributed by atoms with Gasteiger partial charge in [0.1, 0.15) is 73.2 Å². The van der Waals surface area contributed by atoms with Gasteiger partial charge in [-0.15, -0.1) is 0 Å². The van der Waals surface area contributed by atoms with Crippen LogP contribution in [-0.4, -0.2) is 193 Å². The minimum absolute atomic E-state index is 0.220. The van der Waals surface area contributed by atoms with E-state index in [9.17, 15) is 61.0 Å². The number of hydrogen-bond acceptors (Lipinski definition) is 18. The number of carbonyl (C=O) groups excluding carboxylic acids is 1. The predicted octanol–water partition coefficient (Wildman–Crippen LogP) is 8.61. The van der Waals surface area contributed by atoms with Crippen LogP contribution in [0, 0.1) is 0 Å². The van der Waals surface area contributed by atoms with Crippen LogP contribution in [0.4, 0.5) is 0 Å². The molecule has 12 N–H and O–H groups in total. The van der Waals surface area contributed by atoms with Crippen molar-refractivity contribution in [1.82, 2.24) is 5.32 Å². The van der Waals surface area contributed by atoms with E-state index in [-0.39, 0.29) is 18.9 Å². The molecule has 3 saturated heterocycles. The molecule has 0 saturated carbocycles. The Hall–Kier alpha value is -2.25. The molecule has 508 valence electrons. The highest BCUT2D eigenvalue weighted by molar-refractivity contribution is 5.76. The molecular weight excluding hydrogens is 1120 g/mol. The van der Waals surface area contributed by atoms with E-state index in [0.29, 0.717) is 12.8 Å². The van der Waals surface area contributed by atoms with E-state index >= 15 is 0 Å². The first-order valence-electron chi connectivity index (χ1n) is 34.4. The summed E-state index contributed by atoms with van der Waals surface area (Å²) in [6.07, 6.45) is 32.8. The Morgan fingerprint density at radius 1 is 0.402 bits per heavy atom. The number of aliphatic hydroxyl groups is 11. The van der Waals surface area contributed by atoms with E-state index in [1.807, 2.05) is 6.08 Å². The number of unbranched alkanes of at least 4 members (excludes halogenated alkanes) is 30. The van der Waals surface area contributed by atoms with Gasteiger partial charge < -0.3 is 89.9 Å². The lowest BCUT2D eigenvalue weighted by atomic mass is 9.96. The second-order valence-electron chi connectivity index (χ2n) is 24.6. The van der Waals surface area contributed by atoms with Gasteiger partial charge in [0.2, 0.25) is 5.91 Å². The van der Waals surface area contributed by atoms with Gasteiger partial charge in [0, 0.05) is 6.42 Å². The average Bonchev–Trinajstić information content (AvgIpc) is 3.20. The maximum atomic E-state index is 13.3. The van der Waals surface area contributed by atoms with Crippen molar-refractivity contribution in [2.24, 2.45) is 0 Å². The summed E-state index contributed by atoms with van der Waals surface area (Å²) in [4.78, 5) is 13.3. The minimum Gasteiger partial charge on any atom is -0.394 e. The minimum atomic E-state index is -1.98. The Kier molecular flexibility index (Phi) is 45.7. The van der Waals surface area contributed by atoms with E-state index in [2.05, 4.69) is 55.6 Å². The van der Waals surface area contributed by atoms with Crippen molar-refractivity contribution in [1.29, 1.82) is 0 Å². The normalized spacial score (nSPS) is 28.9.